The van der Waals surface area contributed by atoms with Crippen LogP contribution >= 0.6 is 11.8 Å². The quantitative estimate of drug-likeness (QED) is 0.768. The minimum Gasteiger partial charge on any atom is -0.315 e. The van der Waals surface area contributed by atoms with Crippen LogP contribution in [-0.2, 0) is 6.42 Å². The van der Waals surface area contributed by atoms with E-state index in [1.165, 1.54) is 31.4 Å². The SMILES string of the molecule is CSC1(CNCCc2ccncc2)CCC1. The van der Waals surface area contributed by atoms with Gasteiger partial charge in [-0.05, 0) is 49.8 Å². The third-order valence-corrected chi connectivity index (χ3v) is 4.90. The molecule has 1 aromatic heterocycles. The Hall–Kier alpha value is -0.540. The molecule has 0 atom stereocenters. The predicted octanol–water partition coefficient (Wildman–Crippen LogP) is 2.50. The van der Waals surface area contributed by atoms with Gasteiger partial charge in [-0.3, -0.25) is 4.98 Å². The first-order valence-corrected chi connectivity index (χ1v) is 7.22. The van der Waals surface area contributed by atoms with Gasteiger partial charge in [0.25, 0.3) is 0 Å². The number of nitrogens with one attached hydrogen (secondary N) is 1. The standard InChI is InChI=1S/C13H20N2S/c1-16-13(6-2-7-13)11-15-10-5-12-3-8-14-9-4-12/h3-4,8-9,15H,2,5-7,10-11H2,1H3. The first-order valence-electron chi connectivity index (χ1n) is 5.99. The molecule has 2 nitrogen and oxygen atoms in total. The van der Waals surface area contributed by atoms with Crippen molar-refractivity contribution in [2.24, 2.45) is 0 Å². The molecule has 0 spiro atoms. The minimum atomic E-state index is 0.554. The summed E-state index contributed by atoms with van der Waals surface area (Å²) in [4.78, 5) is 4.02. The third-order valence-electron chi connectivity index (χ3n) is 3.48. The fourth-order valence-electron chi connectivity index (χ4n) is 2.12. The number of pyridine rings is 1. The molecule has 88 valence electrons. The van der Waals surface area contributed by atoms with Crippen molar-refractivity contribution in [3.8, 4) is 0 Å². The Morgan fingerprint density at radius 3 is 2.69 bits per heavy atom. The molecular weight excluding hydrogens is 216 g/mol. The van der Waals surface area contributed by atoms with Gasteiger partial charge in [0.15, 0.2) is 0 Å². The molecule has 0 aromatic carbocycles. The van der Waals surface area contributed by atoms with Crippen LogP contribution < -0.4 is 5.32 Å². The maximum Gasteiger partial charge on any atom is 0.0281 e. The Morgan fingerprint density at radius 1 is 1.38 bits per heavy atom. The smallest absolute Gasteiger partial charge is 0.0281 e. The summed E-state index contributed by atoms with van der Waals surface area (Å²) in [6, 6.07) is 4.19. The summed E-state index contributed by atoms with van der Waals surface area (Å²) in [5, 5.41) is 3.59. The highest BCUT2D eigenvalue weighted by Gasteiger charge is 2.35. The van der Waals surface area contributed by atoms with Crippen LogP contribution in [0.25, 0.3) is 0 Å². The molecule has 0 unspecified atom stereocenters. The summed E-state index contributed by atoms with van der Waals surface area (Å²) < 4.78 is 0.554. The second-order valence-corrected chi connectivity index (χ2v) is 5.80. The van der Waals surface area contributed by atoms with E-state index >= 15 is 0 Å². The van der Waals surface area contributed by atoms with Gasteiger partial charge in [0.05, 0.1) is 0 Å². The van der Waals surface area contributed by atoms with Gasteiger partial charge in [-0.15, -0.1) is 0 Å². The van der Waals surface area contributed by atoms with Crippen LogP contribution in [0.5, 0.6) is 0 Å². The van der Waals surface area contributed by atoms with Crippen molar-refractivity contribution in [3.05, 3.63) is 30.1 Å². The zero-order valence-electron chi connectivity index (χ0n) is 9.91. The van der Waals surface area contributed by atoms with E-state index in [9.17, 15) is 0 Å². The molecule has 1 aliphatic carbocycles. The van der Waals surface area contributed by atoms with Crippen molar-refractivity contribution in [1.82, 2.24) is 10.3 Å². The summed E-state index contributed by atoms with van der Waals surface area (Å²) in [5.74, 6) is 0. The molecule has 2 rings (SSSR count). The molecule has 1 fully saturated rings. The maximum absolute atomic E-state index is 4.02. The molecule has 0 amide bonds. The van der Waals surface area contributed by atoms with Crippen molar-refractivity contribution in [3.63, 3.8) is 0 Å². The van der Waals surface area contributed by atoms with Gasteiger partial charge >= 0.3 is 0 Å². The first kappa shape index (κ1) is 11.9. The van der Waals surface area contributed by atoms with E-state index in [4.69, 9.17) is 0 Å². The van der Waals surface area contributed by atoms with Crippen molar-refractivity contribution in [1.29, 1.82) is 0 Å². The van der Waals surface area contributed by atoms with Gasteiger partial charge in [0.2, 0.25) is 0 Å². The molecule has 3 heteroatoms. The van der Waals surface area contributed by atoms with Gasteiger partial charge < -0.3 is 5.32 Å². The number of thioether (sulfide) groups is 1. The van der Waals surface area contributed by atoms with Crippen LogP contribution in [0, 0.1) is 0 Å². The first-order chi connectivity index (χ1) is 7.85. The highest BCUT2D eigenvalue weighted by Crippen LogP contribution is 2.42. The highest BCUT2D eigenvalue weighted by molar-refractivity contribution is 8.00. The second kappa shape index (κ2) is 5.69. The summed E-state index contributed by atoms with van der Waals surface area (Å²) in [6.07, 6.45) is 11.3. The van der Waals surface area contributed by atoms with Crippen LogP contribution in [0.2, 0.25) is 0 Å². The number of hydrogen-bond donors (Lipinski definition) is 1. The van der Waals surface area contributed by atoms with Crippen LogP contribution in [0.4, 0.5) is 0 Å². The summed E-state index contributed by atoms with van der Waals surface area (Å²) in [5.41, 5.74) is 1.37. The number of hydrogen-bond acceptors (Lipinski definition) is 3. The Bertz CT molecular complexity index is 303. The topological polar surface area (TPSA) is 24.9 Å². The Balaban J connectivity index is 1.65. The van der Waals surface area contributed by atoms with Crippen molar-refractivity contribution in [2.45, 2.75) is 30.4 Å². The van der Waals surface area contributed by atoms with Crippen LogP contribution in [-0.4, -0.2) is 29.1 Å². The van der Waals surface area contributed by atoms with Gasteiger partial charge in [-0.25, -0.2) is 0 Å². The average molecular weight is 236 g/mol. The molecule has 16 heavy (non-hydrogen) atoms. The number of rotatable bonds is 6. The lowest BCUT2D eigenvalue weighted by Gasteiger charge is -2.40. The monoisotopic (exact) mass is 236 g/mol. The zero-order valence-corrected chi connectivity index (χ0v) is 10.7. The molecule has 1 N–H and O–H groups in total. The Kier molecular flexibility index (Phi) is 4.24. The Labute approximate surface area is 102 Å². The Morgan fingerprint density at radius 2 is 2.12 bits per heavy atom. The molecule has 1 aliphatic rings. The molecule has 0 aliphatic heterocycles. The van der Waals surface area contributed by atoms with Crippen molar-refractivity contribution >= 4 is 11.8 Å². The lowest BCUT2D eigenvalue weighted by atomic mass is 9.84. The van der Waals surface area contributed by atoms with Crippen molar-refractivity contribution in [2.75, 3.05) is 19.3 Å². The largest absolute Gasteiger partial charge is 0.315 e. The van der Waals surface area contributed by atoms with E-state index in [2.05, 4.69) is 28.7 Å². The highest BCUT2D eigenvalue weighted by atomic mass is 32.2. The summed E-state index contributed by atoms with van der Waals surface area (Å²) in [7, 11) is 0. The van der Waals surface area contributed by atoms with E-state index in [0.717, 1.165) is 13.0 Å². The predicted molar refractivity (Wildman–Crippen MR) is 70.9 cm³/mol. The van der Waals surface area contributed by atoms with Gasteiger partial charge in [-0.2, -0.15) is 11.8 Å². The maximum atomic E-state index is 4.02. The molecule has 1 saturated carbocycles. The molecular formula is C13H20N2S. The number of aromatic nitrogens is 1. The summed E-state index contributed by atoms with van der Waals surface area (Å²) in [6.45, 7) is 2.24. The van der Waals surface area contributed by atoms with E-state index in [0.29, 0.717) is 4.75 Å². The van der Waals surface area contributed by atoms with Crippen molar-refractivity contribution < 1.29 is 0 Å². The molecule has 0 bridgehead atoms. The lowest BCUT2D eigenvalue weighted by molar-refractivity contribution is 0.347. The fourth-order valence-corrected chi connectivity index (χ4v) is 3.07. The van der Waals surface area contributed by atoms with Gasteiger partial charge in [0, 0.05) is 23.7 Å². The molecule has 0 saturated heterocycles. The van der Waals surface area contributed by atoms with E-state index in [-0.39, 0.29) is 0 Å². The van der Waals surface area contributed by atoms with E-state index in [1.807, 2.05) is 24.2 Å². The third kappa shape index (κ3) is 2.98. The lowest BCUT2D eigenvalue weighted by Crippen LogP contribution is -2.43. The number of nitrogens with zero attached hydrogens (tertiary/aromatic N) is 1. The van der Waals surface area contributed by atoms with Gasteiger partial charge in [0.1, 0.15) is 0 Å². The van der Waals surface area contributed by atoms with E-state index < -0.39 is 0 Å². The van der Waals surface area contributed by atoms with E-state index in [1.54, 1.807) is 0 Å². The molecule has 0 radical (unpaired) electrons. The summed E-state index contributed by atoms with van der Waals surface area (Å²) >= 11 is 2.03. The van der Waals surface area contributed by atoms with Crippen LogP contribution in [0.1, 0.15) is 24.8 Å². The second-order valence-electron chi connectivity index (χ2n) is 4.52. The van der Waals surface area contributed by atoms with Crippen LogP contribution in [0.3, 0.4) is 0 Å². The van der Waals surface area contributed by atoms with Crippen LogP contribution in [0.15, 0.2) is 24.5 Å². The average Bonchev–Trinajstić information content (AvgIpc) is 2.29. The zero-order chi connectivity index (χ0) is 11.3. The minimum absolute atomic E-state index is 0.554. The normalized spacial score (nSPS) is 18.1. The van der Waals surface area contributed by atoms with Gasteiger partial charge in [-0.1, -0.05) is 6.42 Å². The molecule has 1 aromatic rings. The fraction of sp³-hybridized carbons (Fsp3) is 0.615. The molecule has 1 heterocycles.